The molecule has 0 bridgehead atoms. The van der Waals surface area contributed by atoms with Crippen LogP contribution < -0.4 is 15.6 Å². The van der Waals surface area contributed by atoms with Crippen molar-refractivity contribution in [3.05, 3.63) is 44.2 Å². The van der Waals surface area contributed by atoms with Crippen LogP contribution in [0.2, 0.25) is 0 Å². The Morgan fingerprint density at radius 2 is 2.26 bits per heavy atom. The summed E-state index contributed by atoms with van der Waals surface area (Å²) in [5.41, 5.74) is 1.61. The molecule has 2 heterocycles. The van der Waals surface area contributed by atoms with Gasteiger partial charge in [-0.1, -0.05) is 0 Å². The van der Waals surface area contributed by atoms with Crippen molar-refractivity contribution < 1.29 is 9.53 Å². The van der Waals surface area contributed by atoms with Crippen LogP contribution in [-0.2, 0) is 19.9 Å². The molecule has 1 amide bonds. The van der Waals surface area contributed by atoms with Crippen molar-refractivity contribution >= 4 is 22.2 Å². The summed E-state index contributed by atoms with van der Waals surface area (Å²) in [7, 11) is 2.98. The van der Waals surface area contributed by atoms with E-state index in [1.165, 1.54) is 40.2 Å². The number of fused-ring (bicyclic) bond motifs is 1. The topological polar surface area (TPSA) is 84.1 Å². The molecule has 6 nitrogen and oxygen atoms in total. The number of nitrogens with one attached hydrogen (secondary N) is 1. The molecule has 2 aromatic heterocycles. The van der Waals surface area contributed by atoms with Crippen LogP contribution >= 0.6 is 11.3 Å². The first-order chi connectivity index (χ1) is 11.0. The number of nitrogens with zero attached hydrogens (tertiary/aromatic N) is 2. The number of carbonyl (C=O) groups is 1. The van der Waals surface area contributed by atoms with Gasteiger partial charge in [0.2, 0.25) is 0 Å². The van der Waals surface area contributed by atoms with Gasteiger partial charge in [-0.15, -0.1) is 11.3 Å². The van der Waals surface area contributed by atoms with Gasteiger partial charge in [0.15, 0.2) is 0 Å². The molecule has 0 atom stereocenters. The minimum atomic E-state index is -0.395. The highest BCUT2D eigenvalue weighted by atomic mass is 32.1. The summed E-state index contributed by atoms with van der Waals surface area (Å²) in [5, 5.41) is 12.7. The fourth-order valence-corrected chi connectivity index (χ4v) is 3.97. The Morgan fingerprint density at radius 1 is 1.48 bits per heavy atom. The smallest absolute Gasteiger partial charge is 0.261 e. The summed E-state index contributed by atoms with van der Waals surface area (Å²) in [4.78, 5) is 25.4. The third-order valence-corrected chi connectivity index (χ3v) is 5.12. The van der Waals surface area contributed by atoms with Crippen LogP contribution in [0.5, 0.6) is 5.75 Å². The van der Waals surface area contributed by atoms with Gasteiger partial charge >= 0.3 is 0 Å². The highest BCUT2D eigenvalue weighted by Crippen LogP contribution is 2.38. The minimum absolute atomic E-state index is 0.216. The Balaban J connectivity index is 1.96. The first-order valence-corrected chi connectivity index (χ1v) is 7.97. The molecule has 7 heteroatoms. The van der Waals surface area contributed by atoms with Gasteiger partial charge in [0.05, 0.1) is 18.2 Å². The molecular weight excluding hydrogens is 314 g/mol. The Morgan fingerprint density at radius 3 is 2.96 bits per heavy atom. The van der Waals surface area contributed by atoms with Crippen LogP contribution in [0, 0.1) is 11.3 Å². The lowest BCUT2D eigenvalue weighted by Crippen LogP contribution is -2.21. The third kappa shape index (κ3) is 2.62. The SMILES string of the molecule is COc1cc(=O)n(C)cc1C(=O)Nc1sc2c(c1C#N)CCC2. The van der Waals surface area contributed by atoms with Gasteiger partial charge in [0.1, 0.15) is 16.8 Å². The van der Waals surface area contributed by atoms with Crippen LogP contribution in [0.25, 0.3) is 0 Å². The molecule has 0 saturated carbocycles. The predicted octanol–water partition coefficient (Wildman–Crippen LogP) is 2.07. The lowest BCUT2D eigenvalue weighted by atomic mass is 10.1. The summed E-state index contributed by atoms with van der Waals surface area (Å²) < 4.78 is 6.44. The average molecular weight is 329 g/mol. The molecule has 0 aromatic carbocycles. The maximum Gasteiger partial charge on any atom is 0.261 e. The molecule has 0 fully saturated rings. The molecule has 0 radical (unpaired) electrons. The average Bonchev–Trinajstić information content (AvgIpc) is 3.09. The number of thiophene rings is 1. The van der Waals surface area contributed by atoms with Gasteiger partial charge < -0.3 is 14.6 Å². The number of aromatic nitrogens is 1. The van der Waals surface area contributed by atoms with Crippen molar-refractivity contribution in [2.24, 2.45) is 7.05 Å². The van der Waals surface area contributed by atoms with Gasteiger partial charge in [-0.05, 0) is 24.8 Å². The van der Waals surface area contributed by atoms with Gasteiger partial charge in [0, 0.05) is 24.2 Å². The molecule has 0 spiro atoms. The van der Waals surface area contributed by atoms with Crippen molar-refractivity contribution in [2.75, 3.05) is 12.4 Å². The highest BCUT2D eigenvalue weighted by Gasteiger charge is 2.24. The quantitative estimate of drug-likeness (QED) is 0.934. The molecule has 1 aliphatic carbocycles. The minimum Gasteiger partial charge on any atom is -0.496 e. The number of anilines is 1. The van der Waals surface area contributed by atoms with E-state index < -0.39 is 5.91 Å². The lowest BCUT2D eigenvalue weighted by molar-refractivity contribution is 0.102. The molecule has 0 saturated heterocycles. The number of ether oxygens (including phenoxy) is 1. The number of hydrogen-bond acceptors (Lipinski definition) is 5. The second-order valence-corrected chi connectivity index (χ2v) is 6.44. The van der Waals surface area contributed by atoms with E-state index >= 15 is 0 Å². The monoisotopic (exact) mass is 329 g/mol. The molecule has 1 N–H and O–H groups in total. The zero-order chi connectivity index (χ0) is 16.6. The number of nitriles is 1. The van der Waals surface area contributed by atoms with Gasteiger partial charge in [-0.3, -0.25) is 9.59 Å². The standard InChI is InChI=1S/C16H15N3O3S/c1-19-8-11(12(22-2)6-14(19)20)15(21)18-16-10(7-17)9-4-3-5-13(9)23-16/h6,8H,3-5H2,1-2H3,(H,18,21). The highest BCUT2D eigenvalue weighted by molar-refractivity contribution is 7.16. The summed E-state index contributed by atoms with van der Waals surface area (Å²) in [6, 6.07) is 3.46. The Hall–Kier alpha value is -2.59. The molecule has 0 unspecified atom stereocenters. The summed E-state index contributed by atoms with van der Waals surface area (Å²) in [6.45, 7) is 0. The van der Waals surface area contributed by atoms with Crippen molar-refractivity contribution in [2.45, 2.75) is 19.3 Å². The van der Waals surface area contributed by atoms with E-state index in [1.54, 1.807) is 7.05 Å². The maximum atomic E-state index is 12.5. The zero-order valence-electron chi connectivity index (χ0n) is 12.8. The fourth-order valence-electron chi connectivity index (χ4n) is 2.73. The van der Waals surface area contributed by atoms with Crippen LogP contribution in [0.15, 0.2) is 17.1 Å². The van der Waals surface area contributed by atoms with E-state index in [2.05, 4.69) is 11.4 Å². The number of aryl methyl sites for hydroxylation is 2. The van der Waals surface area contributed by atoms with E-state index in [0.717, 1.165) is 24.8 Å². The summed E-state index contributed by atoms with van der Waals surface area (Å²) in [6.07, 6.45) is 4.32. The van der Waals surface area contributed by atoms with Gasteiger partial charge in [-0.25, -0.2) is 0 Å². The third-order valence-electron chi connectivity index (χ3n) is 3.92. The van der Waals surface area contributed by atoms with Gasteiger partial charge in [0.25, 0.3) is 11.5 Å². The van der Waals surface area contributed by atoms with E-state index in [-0.39, 0.29) is 16.9 Å². The first kappa shape index (κ1) is 15.3. The second kappa shape index (κ2) is 5.89. The number of pyridine rings is 1. The number of hydrogen-bond donors (Lipinski definition) is 1. The van der Waals surface area contributed by atoms with Crippen LogP contribution in [0.4, 0.5) is 5.00 Å². The number of rotatable bonds is 3. The van der Waals surface area contributed by atoms with Crippen molar-refractivity contribution in [3.8, 4) is 11.8 Å². The number of amides is 1. The summed E-state index contributed by atoms with van der Waals surface area (Å²) in [5.74, 6) is -0.179. The zero-order valence-corrected chi connectivity index (χ0v) is 13.6. The lowest BCUT2D eigenvalue weighted by Gasteiger charge is -2.10. The van der Waals surface area contributed by atoms with Crippen LogP contribution in [0.3, 0.4) is 0 Å². The summed E-state index contributed by atoms with van der Waals surface area (Å²) >= 11 is 1.45. The number of carbonyl (C=O) groups excluding carboxylic acids is 1. The normalized spacial score (nSPS) is 12.6. The van der Waals surface area contributed by atoms with E-state index in [9.17, 15) is 14.9 Å². The molecule has 1 aliphatic rings. The van der Waals surface area contributed by atoms with E-state index in [1.807, 2.05) is 0 Å². The molecular formula is C16H15N3O3S. The second-order valence-electron chi connectivity index (χ2n) is 5.33. The van der Waals surface area contributed by atoms with Crippen LogP contribution in [-0.4, -0.2) is 17.6 Å². The maximum absolute atomic E-state index is 12.5. The van der Waals surface area contributed by atoms with E-state index in [4.69, 9.17) is 4.74 Å². The number of methoxy groups -OCH3 is 1. The Bertz CT molecular complexity index is 889. The van der Waals surface area contributed by atoms with Crippen molar-refractivity contribution in [1.29, 1.82) is 5.26 Å². The first-order valence-electron chi connectivity index (χ1n) is 7.15. The Kier molecular flexibility index (Phi) is 3.92. The molecule has 118 valence electrons. The fraction of sp³-hybridized carbons (Fsp3) is 0.312. The Labute approximate surface area is 136 Å². The van der Waals surface area contributed by atoms with Crippen LogP contribution in [0.1, 0.15) is 32.8 Å². The molecule has 0 aliphatic heterocycles. The van der Waals surface area contributed by atoms with E-state index in [0.29, 0.717) is 10.6 Å². The molecule has 23 heavy (non-hydrogen) atoms. The largest absolute Gasteiger partial charge is 0.496 e. The molecule has 2 aromatic rings. The molecule has 3 rings (SSSR count). The van der Waals surface area contributed by atoms with Crippen molar-refractivity contribution in [3.63, 3.8) is 0 Å². The van der Waals surface area contributed by atoms with Crippen molar-refractivity contribution in [1.82, 2.24) is 4.57 Å². The van der Waals surface area contributed by atoms with Gasteiger partial charge in [-0.2, -0.15) is 5.26 Å². The predicted molar refractivity (Wildman–Crippen MR) is 87.2 cm³/mol.